The van der Waals surface area contributed by atoms with Crippen LogP contribution in [0.2, 0.25) is 10.0 Å². The van der Waals surface area contributed by atoms with Crippen LogP contribution in [0.15, 0.2) is 45.2 Å². The minimum Gasteiger partial charge on any atom is -0.384 e. The molecular formula is C24H20Cl2N8O2S3. The number of nitriles is 1. The zero-order chi connectivity index (χ0) is 27.7. The zero-order valence-corrected chi connectivity index (χ0v) is 24.4. The minimum absolute atomic E-state index is 0.0822. The van der Waals surface area contributed by atoms with Crippen LogP contribution in [0.3, 0.4) is 0 Å². The number of aryl methyl sites for hydroxylation is 1. The average molecular weight is 620 g/mol. The van der Waals surface area contributed by atoms with Crippen LogP contribution in [-0.4, -0.2) is 37.8 Å². The molecule has 0 fully saturated rings. The summed E-state index contributed by atoms with van der Waals surface area (Å²) in [4.78, 5) is 27.3. The maximum Gasteiger partial charge on any atom is 0.236 e. The highest BCUT2D eigenvalue weighted by Crippen LogP contribution is 2.49. The van der Waals surface area contributed by atoms with Gasteiger partial charge < -0.3 is 5.73 Å². The largest absolute Gasteiger partial charge is 0.384 e. The number of Topliss-reactive ketones (excluding diaryl/α,β-unsaturated/α-hetero) is 1. The van der Waals surface area contributed by atoms with Crippen LogP contribution in [0, 0.1) is 11.3 Å². The van der Waals surface area contributed by atoms with Gasteiger partial charge in [0.1, 0.15) is 10.8 Å². The van der Waals surface area contributed by atoms with Crippen LogP contribution in [0.5, 0.6) is 0 Å². The molecule has 1 unspecified atom stereocenters. The van der Waals surface area contributed by atoms with Gasteiger partial charge in [0.25, 0.3) is 0 Å². The van der Waals surface area contributed by atoms with Crippen LogP contribution < -0.4 is 16.0 Å². The highest BCUT2D eigenvalue weighted by molar-refractivity contribution is 8.01. The first kappa shape index (κ1) is 27.5. The van der Waals surface area contributed by atoms with Crippen LogP contribution in [0.25, 0.3) is 0 Å². The van der Waals surface area contributed by atoms with Crippen molar-refractivity contribution in [3.05, 3.63) is 61.5 Å². The number of nitrogens with two attached hydrogens (primary N) is 1. The van der Waals surface area contributed by atoms with Gasteiger partial charge in [-0.2, -0.15) is 5.26 Å². The van der Waals surface area contributed by atoms with Gasteiger partial charge in [-0.15, -0.1) is 20.4 Å². The highest BCUT2D eigenvalue weighted by Gasteiger charge is 2.42. The number of ketones is 1. The van der Waals surface area contributed by atoms with E-state index < -0.39 is 5.92 Å². The first-order valence-corrected chi connectivity index (χ1v) is 15.2. The lowest BCUT2D eigenvalue weighted by Gasteiger charge is -2.38. The molecule has 0 saturated heterocycles. The summed E-state index contributed by atoms with van der Waals surface area (Å²) in [5, 5.41) is 31.6. The Bertz CT molecular complexity index is 1570. The molecule has 5 rings (SSSR count). The molecule has 1 aliphatic carbocycles. The molecule has 3 heterocycles. The molecule has 1 aliphatic heterocycles. The van der Waals surface area contributed by atoms with E-state index in [1.807, 2.05) is 6.92 Å². The summed E-state index contributed by atoms with van der Waals surface area (Å²) in [6.45, 7) is 1.97. The van der Waals surface area contributed by atoms with E-state index >= 15 is 0 Å². The number of benzene rings is 1. The van der Waals surface area contributed by atoms with Crippen LogP contribution in [-0.2, 0) is 16.0 Å². The summed E-state index contributed by atoms with van der Waals surface area (Å²) in [5.41, 5.74) is 8.44. The number of nitrogens with one attached hydrogen (secondary N) is 1. The fourth-order valence-corrected chi connectivity index (χ4v) is 7.23. The summed E-state index contributed by atoms with van der Waals surface area (Å²) < 4.78 is 0.530. The number of halogens is 2. The molecule has 1 aromatic carbocycles. The molecule has 2 aromatic heterocycles. The number of hydrogen-bond donors (Lipinski definition) is 2. The van der Waals surface area contributed by atoms with Crippen molar-refractivity contribution >= 4 is 79.6 Å². The van der Waals surface area contributed by atoms with Gasteiger partial charge in [0.15, 0.2) is 10.1 Å². The Morgan fingerprint density at radius 3 is 2.82 bits per heavy atom. The first-order valence-electron chi connectivity index (χ1n) is 11.8. The molecular weight excluding hydrogens is 599 g/mol. The number of aromatic nitrogens is 4. The molecule has 200 valence electrons. The SMILES string of the molecule is CCc1nnc(NC(=O)CSc2nnc(N3C(N)=C(C#N)C(c4cccc(Cl)c4Cl)C4=C3CCCC4=O)s2)s1. The summed E-state index contributed by atoms with van der Waals surface area (Å²) in [7, 11) is 0. The van der Waals surface area contributed by atoms with Crippen LogP contribution in [0.1, 0.15) is 42.7 Å². The van der Waals surface area contributed by atoms with Crippen molar-refractivity contribution in [2.24, 2.45) is 5.73 Å². The van der Waals surface area contributed by atoms with E-state index in [1.54, 1.807) is 23.1 Å². The monoisotopic (exact) mass is 618 g/mol. The van der Waals surface area contributed by atoms with Crippen molar-refractivity contribution in [2.75, 3.05) is 16.0 Å². The number of hydrogen-bond acceptors (Lipinski definition) is 12. The van der Waals surface area contributed by atoms with Gasteiger partial charge in [0, 0.05) is 17.7 Å². The van der Waals surface area contributed by atoms with Gasteiger partial charge in [0.2, 0.25) is 16.2 Å². The third-order valence-electron chi connectivity index (χ3n) is 6.14. The molecule has 3 aromatic rings. The highest BCUT2D eigenvalue weighted by atomic mass is 35.5. The maximum atomic E-state index is 13.3. The van der Waals surface area contributed by atoms with Gasteiger partial charge in [-0.25, -0.2) is 0 Å². The van der Waals surface area contributed by atoms with E-state index in [-0.39, 0.29) is 33.9 Å². The van der Waals surface area contributed by atoms with E-state index in [1.165, 1.54) is 34.4 Å². The Kier molecular flexibility index (Phi) is 8.20. The number of anilines is 2. The molecule has 0 saturated carbocycles. The van der Waals surface area contributed by atoms with Crippen molar-refractivity contribution in [1.82, 2.24) is 20.4 Å². The average Bonchev–Trinajstić information content (AvgIpc) is 3.58. The second-order valence-corrected chi connectivity index (χ2v) is 12.5. The smallest absolute Gasteiger partial charge is 0.236 e. The molecule has 0 radical (unpaired) electrons. The molecule has 0 bridgehead atoms. The first-order chi connectivity index (χ1) is 18.8. The van der Waals surface area contributed by atoms with Gasteiger partial charge in [-0.3, -0.25) is 19.8 Å². The number of rotatable bonds is 7. The molecule has 10 nitrogen and oxygen atoms in total. The molecule has 1 amide bonds. The fourth-order valence-electron chi connectivity index (χ4n) is 4.44. The Balaban J connectivity index is 1.43. The minimum atomic E-state index is -0.737. The zero-order valence-electron chi connectivity index (χ0n) is 20.4. The number of amides is 1. The summed E-state index contributed by atoms with van der Waals surface area (Å²) in [5.74, 6) is -0.823. The summed E-state index contributed by atoms with van der Waals surface area (Å²) in [6.07, 6.45) is 2.28. The predicted molar refractivity (Wildman–Crippen MR) is 153 cm³/mol. The van der Waals surface area contributed by atoms with E-state index in [0.717, 1.165) is 11.4 Å². The Labute approximate surface area is 245 Å². The molecule has 39 heavy (non-hydrogen) atoms. The van der Waals surface area contributed by atoms with Crippen LogP contribution >= 0.6 is 57.6 Å². The fraction of sp³-hybridized carbons (Fsp3) is 0.292. The quantitative estimate of drug-likeness (QED) is 0.334. The lowest BCUT2D eigenvalue weighted by Crippen LogP contribution is -2.38. The number of thioether (sulfide) groups is 1. The second kappa shape index (κ2) is 11.6. The topological polar surface area (TPSA) is 151 Å². The second-order valence-electron chi connectivity index (χ2n) is 8.50. The third kappa shape index (κ3) is 5.39. The maximum absolute atomic E-state index is 13.3. The van der Waals surface area contributed by atoms with E-state index in [9.17, 15) is 14.9 Å². The van der Waals surface area contributed by atoms with Gasteiger partial charge >= 0.3 is 0 Å². The Morgan fingerprint density at radius 1 is 1.26 bits per heavy atom. The molecule has 15 heteroatoms. The van der Waals surface area contributed by atoms with Gasteiger partial charge in [-0.05, 0) is 30.9 Å². The molecule has 3 N–H and O–H groups in total. The van der Waals surface area contributed by atoms with Crippen molar-refractivity contribution in [3.8, 4) is 6.07 Å². The number of carbonyl (C=O) groups is 2. The Hall–Kier alpha value is -3.02. The normalized spacial score (nSPS) is 17.3. The lowest BCUT2D eigenvalue weighted by atomic mass is 9.76. The molecule has 2 aliphatic rings. The van der Waals surface area contributed by atoms with Gasteiger partial charge in [0.05, 0.1) is 33.4 Å². The van der Waals surface area contributed by atoms with Crippen molar-refractivity contribution in [3.63, 3.8) is 0 Å². The van der Waals surface area contributed by atoms with Crippen molar-refractivity contribution in [2.45, 2.75) is 42.9 Å². The van der Waals surface area contributed by atoms with Crippen LogP contribution in [0.4, 0.5) is 10.3 Å². The van der Waals surface area contributed by atoms with E-state index in [0.29, 0.717) is 55.7 Å². The third-order valence-corrected chi connectivity index (χ3v) is 9.99. The van der Waals surface area contributed by atoms with E-state index in [2.05, 4.69) is 31.8 Å². The van der Waals surface area contributed by atoms with Crippen molar-refractivity contribution in [1.29, 1.82) is 5.26 Å². The molecule has 0 spiro atoms. The van der Waals surface area contributed by atoms with E-state index in [4.69, 9.17) is 28.9 Å². The number of allylic oxidation sites excluding steroid dienone is 3. The Morgan fingerprint density at radius 2 is 2.08 bits per heavy atom. The van der Waals surface area contributed by atoms with Gasteiger partial charge in [-0.1, -0.05) is 76.7 Å². The molecule has 1 atom stereocenters. The lowest BCUT2D eigenvalue weighted by molar-refractivity contribution is -0.116. The standard InChI is InChI=1S/C24H20Cl2N8O2S3/c1-2-17-30-31-22(38-17)29-16(36)10-37-24-33-32-23(39-24)34-14-7-4-8-15(35)19(14)18(12(9-27)21(34)28)11-5-3-6-13(25)20(11)26/h3,5-6,18H,2,4,7-8,10,28H2,1H3,(H,29,31,36). The van der Waals surface area contributed by atoms with Crippen molar-refractivity contribution < 1.29 is 9.59 Å². The number of nitrogens with zero attached hydrogens (tertiary/aromatic N) is 6. The summed E-state index contributed by atoms with van der Waals surface area (Å²) >= 11 is 16.6. The summed E-state index contributed by atoms with van der Waals surface area (Å²) in [6, 6.07) is 7.32. The number of carbonyl (C=O) groups excluding carboxylic acids is 2. The predicted octanol–water partition coefficient (Wildman–Crippen LogP) is 5.29.